The molecule has 2 saturated carbocycles. The molecule has 0 aliphatic heterocycles. The SMILES string of the molecule is CCCCCCCNC(=O)[C@@H]1C[C@H]2CC[C@@H]1C2. The highest BCUT2D eigenvalue weighted by Gasteiger charge is 2.42. The fraction of sp³-hybridized carbons (Fsp3) is 0.933. The summed E-state index contributed by atoms with van der Waals surface area (Å²) in [7, 11) is 0. The molecule has 0 unspecified atom stereocenters. The van der Waals surface area contributed by atoms with Crippen LogP contribution in [0.4, 0.5) is 0 Å². The monoisotopic (exact) mass is 237 g/mol. The maximum Gasteiger partial charge on any atom is 0.223 e. The van der Waals surface area contributed by atoms with Gasteiger partial charge in [0.15, 0.2) is 0 Å². The van der Waals surface area contributed by atoms with Crippen LogP contribution in [0.25, 0.3) is 0 Å². The number of hydrogen-bond donors (Lipinski definition) is 1. The number of rotatable bonds is 7. The first-order valence-corrected chi connectivity index (χ1v) is 7.59. The molecule has 0 heterocycles. The largest absolute Gasteiger partial charge is 0.356 e. The Labute approximate surface area is 106 Å². The van der Waals surface area contributed by atoms with E-state index in [1.54, 1.807) is 0 Å². The summed E-state index contributed by atoms with van der Waals surface area (Å²) >= 11 is 0. The van der Waals surface area contributed by atoms with E-state index in [-0.39, 0.29) is 0 Å². The molecule has 3 atom stereocenters. The highest BCUT2D eigenvalue weighted by Crippen LogP contribution is 2.48. The quantitative estimate of drug-likeness (QED) is 0.675. The first-order chi connectivity index (χ1) is 8.31. The van der Waals surface area contributed by atoms with Gasteiger partial charge in [0.2, 0.25) is 5.91 Å². The predicted octanol–water partition coefficient (Wildman–Crippen LogP) is 3.51. The Balaban J connectivity index is 1.55. The van der Waals surface area contributed by atoms with Crippen LogP contribution in [-0.4, -0.2) is 12.5 Å². The van der Waals surface area contributed by atoms with Gasteiger partial charge < -0.3 is 5.32 Å². The highest BCUT2D eigenvalue weighted by atomic mass is 16.1. The highest BCUT2D eigenvalue weighted by molar-refractivity contribution is 5.79. The van der Waals surface area contributed by atoms with Gasteiger partial charge in [0.25, 0.3) is 0 Å². The summed E-state index contributed by atoms with van der Waals surface area (Å²) in [6.45, 7) is 3.13. The van der Waals surface area contributed by atoms with E-state index in [1.165, 1.54) is 51.4 Å². The summed E-state index contributed by atoms with van der Waals surface area (Å²) in [5, 5.41) is 3.15. The molecule has 2 aliphatic rings. The Bertz CT molecular complexity index is 251. The Morgan fingerprint density at radius 2 is 1.94 bits per heavy atom. The van der Waals surface area contributed by atoms with Crippen LogP contribution in [0.5, 0.6) is 0 Å². The Hall–Kier alpha value is -0.530. The van der Waals surface area contributed by atoms with E-state index in [1.807, 2.05) is 0 Å². The molecule has 0 radical (unpaired) electrons. The van der Waals surface area contributed by atoms with Crippen LogP contribution in [0.3, 0.4) is 0 Å². The molecular formula is C15H27NO. The molecule has 2 fully saturated rings. The summed E-state index contributed by atoms with van der Waals surface area (Å²) in [4.78, 5) is 12.0. The van der Waals surface area contributed by atoms with Crippen LogP contribution in [0.1, 0.15) is 64.7 Å². The van der Waals surface area contributed by atoms with Crippen molar-refractivity contribution in [3.63, 3.8) is 0 Å². The molecule has 0 spiro atoms. The lowest BCUT2D eigenvalue weighted by molar-refractivity contribution is -0.126. The molecular weight excluding hydrogens is 210 g/mol. The van der Waals surface area contributed by atoms with Gasteiger partial charge in [0.1, 0.15) is 0 Å². The molecule has 2 bridgehead atoms. The third-order valence-electron chi connectivity index (χ3n) is 4.65. The van der Waals surface area contributed by atoms with E-state index in [4.69, 9.17) is 0 Å². The molecule has 0 aromatic heterocycles. The number of carbonyl (C=O) groups is 1. The number of fused-ring (bicyclic) bond motifs is 2. The molecule has 0 aromatic carbocycles. The van der Waals surface area contributed by atoms with Crippen molar-refractivity contribution in [2.24, 2.45) is 17.8 Å². The number of carbonyl (C=O) groups excluding carboxylic acids is 1. The summed E-state index contributed by atoms with van der Waals surface area (Å²) in [5.74, 6) is 2.32. The Morgan fingerprint density at radius 3 is 2.59 bits per heavy atom. The fourth-order valence-corrected chi connectivity index (χ4v) is 3.64. The van der Waals surface area contributed by atoms with E-state index in [0.717, 1.165) is 24.8 Å². The maximum absolute atomic E-state index is 12.0. The molecule has 0 aromatic rings. The van der Waals surface area contributed by atoms with Crippen LogP contribution in [0, 0.1) is 17.8 Å². The van der Waals surface area contributed by atoms with E-state index in [2.05, 4.69) is 12.2 Å². The van der Waals surface area contributed by atoms with Crippen molar-refractivity contribution >= 4 is 5.91 Å². The van der Waals surface area contributed by atoms with Gasteiger partial charge in [-0.3, -0.25) is 4.79 Å². The van der Waals surface area contributed by atoms with Gasteiger partial charge in [0, 0.05) is 12.5 Å². The van der Waals surface area contributed by atoms with Gasteiger partial charge in [-0.1, -0.05) is 39.0 Å². The minimum atomic E-state index is 0.354. The van der Waals surface area contributed by atoms with Crippen LogP contribution in [-0.2, 0) is 4.79 Å². The van der Waals surface area contributed by atoms with Gasteiger partial charge in [0.05, 0.1) is 0 Å². The van der Waals surface area contributed by atoms with Gasteiger partial charge in [-0.2, -0.15) is 0 Å². The minimum absolute atomic E-state index is 0.354. The summed E-state index contributed by atoms with van der Waals surface area (Å²) in [6, 6.07) is 0. The molecule has 0 saturated heterocycles. The molecule has 17 heavy (non-hydrogen) atoms. The Morgan fingerprint density at radius 1 is 1.12 bits per heavy atom. The van der Waals surface area contributed by atoms with Crippen molar-refractivity contribution in [3.05, 3.63) is 0 Å². The summed E-state index contributed by atoms with van der Waals surface area (Å²) < 4.78 is 0. The van der Waals surface area contributed by atoms with Crippen molar-refractivity contribution in [1.29, 1.82) is 0 Å². The topological polar surface area (TPSA) is 29.1 Å². The average molecular weight is 237 g/mol. The number of hydrogen-bond acceptors (Lipinski definition) is 1. The smallest absolute Gasteiger partial charge is 0.223 e. The lowest BCUT2D eigenvalue weighted by atomic mass is 9.88. The molecule has 2 rings (SSSR count). The second kappa shape index (κ2) is 6.42. The zero-order chi connectivity index (χ0) is 12.1. The molecule has 2 nitrogen and oxygen atoms in total. The van der Waals surface area contributed by atoms with Gasteiger partial charge in [-0.05, 0) is 37.5 Å². The number of unbranched alkanes of at least 4 members (excludes halogenated alkanes) is 4. The average Bonchev–Trinajstić information content (AvgIpc) is 2.95. The summed E-state index contributed by atoms with van der Waals surface area (Å²) in [5.41, 5.74) is 0. The first-order valence-electron chi connectivity index (χ1n) is 7.59. The predicted molar refractivity (Wildman–Crippen MR) is 70.7 cm³/mol. The minimum Gasteiger partial charge on any atom is -0.356 e. The van der Waals surface area contributed by atoms with E-state index in [0.29, 0.717) is 11.8 Å². The number of amides is 1. The van der Waals surface area contributed by atoms with E-state index >= 15 is 0 Å². The van der Waals surface area contributed by atoms with E-state index in [9.17, 15) is 4.79 Å². The van der Waals surface area contributed by atoms with E-state index < -0.39 is 0 Å². The van der Waals surface area contributed by atoms with Gasteiger partial charge in [-0.25, -0.2) is 0 Å². The summed E-state index contributed by atoms with van der Waals surface area (Å²) in [6.07, 6.45) is 11.6. The number of nitrogens with one attached hydrogen (secondary N) is 1. The molecule has 98 valence electrons. The van der Waals surface area contributed by atoms with Crippen LogP contribution in [0.15, 0.2) is 0 Å². The standard InChI is InChI=1S/C15H27NO/c1-2-3-4-5-6-9-16-15(17)14-11-12-7-8-13(14)10-12/h12-14H,2-11H2,1H3,(H,16,17)/t12-,13+,14+/m0/s1. The normalized spacial score (nSPS) is 30.8. The second-order valence-electron chi connectivity index (χ2n) is 5.99. The fourth-order valence-electron chi connectivity index (χ4n) is 3.64. The van der Waals surface area contributed by atoms with Crippen molar-refractivity contribution in [2.75, 3.05) is 6.54 Å². The van der Waals surface area contributed by atoms with Crippen LogP contribution in [0.2, 0.25) is 0 Å². The zero-order valence-corrected chi connectivity index (χ0v) is 11.2. The molecule has 2 aliphatic carbocycles. The van der Waals surface area contributed by atoms with Crippen LogP contribution >= 0.6 is 0 Å². The van der Waals surface area contributed by atoms with Crippen molar-refractivity contribution in [3.8, 4) is 0 Å². The maximum atomic E-state index is 12.0. The third-order valence-corrected chi connectivity index (χ3v) is 4.65. The second-order valence-corrected chi connectivity index (χ2v) is 5.99. The molecule has 2 heteroatoms. The first kappa shape index (κ1) is 12.9. The van der Waals surface area contributed by atoms with Crippen LogP contribution < -0.4 is 5.32 Å². The lowest BCUT2D eigenvalue weighted by Gasteiger charge is -2.20. The zero-order valence-electron chi connectivity index (χ0n) is 11.2. The Kier molecular flexibility index (Phi) is 4.87. The van der Waals surface area contributed by atoms with Crippen molar-refractivity contribution in [1.82, 2.24) is 5.32 Å². The third kappa shape index (κ3) is 3.46. The molecule has 1 N–H and O–H groups in total. The van der Waals surface area contributed by atoms with Crippen molar-refractivity contribution < 1.29 is 4.79 Å². The molecule has 1 amide bonds. The lowest BCUT2D eigenvalue weighted by Crippen LogP contribution is -2.34. The van der Waals surface area contributed by atoms with Gasteiger partial charge in [-0.15, -0.1) is 0 Å². The van der Waals surface area contributed by atoms with Crippen molar-refractivity contribution in [2.45, 2.75) is 64.7 Å². The van der Waals surface area contributed by atoms with Gasteiger partial charge >= 0.3 is 0 Å².